The molecule has 30 heavy (non-hydrogen) atoms. The van der Waals surface area contributed by atoms with Gasteiger partial charge in [0, 0.05) is 57.4 Å². The number of ether oxygens (including phenoxy) is 1. The summed E-state index contributed by atoms with van der Waals surface area (Å²) in [7, 11) is 1.73. The molecule has 0 bridgehead atoms. The van der Waals surface area contributed by atoms with Gasteiger partial charge in [-0.15, -0.1) is 5.10 Å². The number of anilines is 1. The van der Waals surface area contributed by atoms with Gasteiger partial charge < -0.3 is 14.7 Å². The van der Waals surface area contributed by atoms with Crippen molar-refractivity contribution in [1.29, 1.82) is 0 Å². The molecule has 3 rings (SSSR count). The summed E-state index contributed by atoms with van der Waals surface area (Å²) >= 11 is 0. The zero-order valence-electron chi connectivity index (χ0n) is 17.9. The molecule has 7 nitrogen and oxygen atoms in total. The third-order valence-electron chi connectivity index (χ3n) is 5.51. The third kappa shape index (κ3) is 5.77. The number of aliphatic hydroxyl groups excluding tert-OH is 1. The van der Waals surface area contributed by atoms with E-state index >= 15 is 0 Å². The first-order valence-corrected chi connectivity index (χ1v) is 10.7. The van der Waals surface area contributed by atoms with Crippen LogP contribution in [0.25, 0.3) is 0 Å². The number of hydrogen-bond donors (Lipinski definition) is 1. The van der Waals surface area contributed by atoms with Crippen LogP contribution in [0.4, 0.5) is 5.69 Å². The molecule has 1 aromatic carbocycles. The fourth-order valence-corrected chi connectivity index (χ4v) is 3.87. The SMILES string of the molecule is CO[C@@H](c1ccc(N2CCCCC2=O)cc1)[C@@H](C)/C=C/CCn1cc(CCO)nn1. The number of allylic oxidation sites excluding steroid dienone is 1. The molecule has 0 saturated carbocycles. The van der Waals surface area contributed by atoms with Gasteiger partial charge in [0.15, 0.2) is 0 Å². The summed E-state index contributed by atoms with van der Waals surface area (Å²) in [5, 5.41) is 17.1. The number of amides is 1. The second kappa shape index (κ2) is 11.0. The van der Waals surface area contributed by atoms with Crippen LogP contribution in [0.15, 0.2) is 42.6 Å². The van der Waals surface area contributed by atoms with Gasteiger partial charge in [0.2, 0.25) is 5.91 Å². The van der Waals surface area contributed by atoms with Crippen molar-refractivity contribution in [2.75, 3.05) is 25.2 Å². The standard InChI is InChI=1S/C23H32N4O3/c1-18(7-3-5-14-26-17-20(13-16-28)24-25-26)23(30-2)19-9-11-21(12-10-19)27-15-6-4-8-22(27)29/h3,7,9-12,17-18,23,28H,4-6,8,13-16H2,1-2H3/b7-3+/t18-,23+/m0/s1. The van der Waals surface area contributed by atoms with Crippen molar-refractivity contribution in [2.45, 2.75) is 51.7 Å². The first-order chi connectivity index (χ1) is 14.6. The molecule has 7 heteroatoms. The number of benzene rings is 1. The molecule has 1 amide bonds. The Hall–Kier alpha value is -2.51. The number of aryl methyl sites for hydroxylation is 1. The minimum atomic E-state index is -0.0464. The lowest BCUT2D eigenvalue weighted by atomic mass is 9.96. The largest absolute Gasteiger partial charge is 0.396 e. The summed E-state index contributed by atoms with van der Waals surface area (Å²) in [6, 6.07) is 8.17. The lowest BCUT2D eigenvalue weighted by Crippen LogP contribution is -2.35. The van der Waals surface area contributed by atoms with Gasteiger partial charge in [0.25, 0.3) is 0 Å². The van der Waals surface area contributed by atoms with Gasteiger partial charge in [0.05, 0.1) is 11.8 Å². The number of methoxy groups -OCH3 is 1. The van der Waals surface area contributed by atoms with E-state index in [-0.39, 0.29) is 24.5 Å². The van der Waals surface area contributed by atoms with Gasteiger partial charge in [-0.1, -0.05) is 36.4 Å². The molecule has 0 radical (unpaired) electrons. The highest BCUT2D eigenvalue weighted by Gasteiger charge is 2.21. The zero-order chi connectivity index (χ0) is 21.3. The van der Waals surface area contributed by atoms with Crippen LogP contribution in [-0.4, -0.2) is 46.3 Å². The van der Waals surface area contributed by atoms with E-state index in [1.165, 1.54) is 0 Å². The second-order valence-corrected chi connectivity index (χ2v) is 7.77. The Bertz CT molecular complexity index is 831. The summed E-state index contributed by atoms with van der Waals surface area (Å²) in [6.45, 7) is 3.78. The van der Waals surface area contributed by atoms with E-state index < -0.39 is 0 Å². The molecule has 1 aliphatic heterocycles. The van der Waals surface area contributed by atoms with Crippen LogP contribution in [0.5, 0.6) is 0 Å². The van der Waals surface area contributed by atoms with Crippen molar-refractivity contribution in [3.63, 3.8) is 0 Å². The van der Waals surface area contributed by atoms with Gasteiger partial charge in [-0.05, 0) is 37.0 Å². The summed E-state index contributed by atoms with van der Waals surface area (Å²) in [6.07, 6.45) is 10.2. The fourth-order valence-electron chi connectivity index (χ4n) is 3.87. The number of hydrogen-bond acceptors (Lipinski definition) is 5. The molecule has 2 heterocycles. The molecular formula is C23H32N4O3. The molecule has 0 unspecified atom stereocenters. The normalized spacial score (nSPS) is 16.9. The minimum Gasteiger partial charge on any atom is -0.396 e. The molecule has 1 fully saturated rings. The van der Waals surface area contributed by atoms with E-state index in [1.807, 2.05) is 23.2 Å². The summed E-state index contributed by atoms with van der Waals surface area (Å²) in [5.74, 6) is 0.419. The molecule has 2 aromatic rings. The average Bonchev–Trinajstić information content (AvgIpc) is 3.20. The van der Waals surface area contributed by atoms with Crippen molar-refractivity contribution in [3.8, 4) is 0 Å². The molecule has 1 aliphatic rings. The number of aromatic nitrogens is 3. The summed E-state index contributed by atoms with van der Waals surface area (Å²) < 4.78 is 7.57. The predicted molar refractivity (Wildman–Crippen MR) is 116 cm³/mol. The maximum Gasteiger partial charge on any atom is 0.226 e. The van der Waals surface area contributed by atoms with Gasteiger partial charge in [-0.3, -0.25) is 9.48 Å². The molecule has 2 atom stereocenters. The zero-order valence-corrected chi connectivity index (χ0v) is 17.9. The molecular weight excluding hydrogens is 380 g/mol. The molecule has 1 N–H and O–H groups in total. The van der Waals surface area contributed by atoms with Crippen molar-refractivity contribution >= 4 is 11.6 Å². The number of carbonyl (C=O) groups is 1. The Morgan fingerprint density at radius 2 is 2.07 bits per heavy atom. The highest BCUT2D eigenvalue weighted by molar-refractivity contribution is 5.93. The van der Waals surface area contributed by atoms with Gasteiger partial charge >= 0.3 is 0 Å². The Balaban J connectivity index is 1.54. The third-order valence-corrected chi connectivity index (χ3v) is 5.51. The average molecular weight is 413 g/mol. The quantitative estimate of drug-likeness (QED) is 0.606. The minimum absolute atomic E-state index is 0.0464. The van der Waals surface area contributed by atoms with Crippen molar-refractivity contribution < 1.29 is 14.6 Å². The summed E-state index contributed by atoms with van der Waals surface area (Å²) in [4.78, 5) is 14.0. The van der Waals surface area contributed by atoms with Crippen LogP contribution in [0.2, 0.25) is 0 Å². The van der Waals surface area contributed by atoms with E-state index in [2.05, 4.69) is 41.5 Å². The van der Waals surface area contributed by atoms with E-state index in [0.717, 1.165) is 49.3 Å². The lowest BCUT2D eigenvalue weighted by molar-refractivity contribution is -0.119. The van der Waals surface area contributed by atoms with Crippen LogP contribution in [0.1, 0.15) is 50.0 Å². The van der Waals surface area contributed by atoms with E-state index in [1.54, 1.807) is 11.8 Å². The van der Waals surface area contributed by atoms with Crippen LogP contribution in [-0.2, 0) is 22.5 Å². The number of aliphatic hydroxyl groups is 1. The molecule has 162 valence electrons. The summed E-state index contributed by atoms with van der Waals surface area (Å²) in [5.41, 5.74) is 2.88. The Morgan fingerprint density at radius 1 is 1.27 bits per heavy atom. The maximum atomic E-state index is 12.1. The van der Waals surface area contributed by atoms with E-state index in [0.29, 0.717) is 12.8 Å². The fraction of sp³-hybridized carbons (Fsp3) is 0.522. The van der Waals surface area contributed by atoms with Crippen molar-refractivity contribution in [2.24, 2.45) is 5.92 Å². The van der Waals surface area contributed by atoms with Crippen LogP contribution in [0.3, 0.4) is 0 Å². The monoisotopic (exact) mass is 412 g/mol. The van der Waals surface area contributed by atoms with Crippen molar-refractivity contribution in [1.82, 2.24) is 15.0 Å². The topological polar surface area (TPSA) is 80.5 Å². The van der Waals surface area contributed by atoms with Crippen LogP contribution < -0.4 is 4.90 Å². The Morgan fingerprint density at radius 3 is 2.77 bits per heavy atom. The lowest BCUT2D eigenvalue weighted by Gasteiger charge is -2.27. The number of rotatable bonds is 10. The van der Waals surface area contributed by atoms with Gasteiger partial charge in [0.1, 0.15) is 0 Å². The Kier molecular flexibility index (Phi) is 8.16. The maximum absolute atomic E-state index is 12.1. The number of carbonyl (C=O) groups excluding carboxylic acids is 1. The van der Waals surface area contributed by atoms with Gasteiger partial charge in [-0.25, -0.2) is 0 Å². The molecule has 1 aromatic heterocycles. The molecule has 1 saturated heterocycles. The smallest absolute Gasteiger partial charge is 0.226 e. The number of piperidine rings is 1. The van der Waals surface area contributed by atoms with E-state index in [9.17, 15) is 4.79 Å². The van der Waals surface area contributed by atoms with Crippen LogP contribution in [0, 0.1) is 5.92 Å². The number of nitrogens with zero attached hydrogens (tertiary/aromatic N) is 4. The predicted octanol–water partition coefficient (Wildman–Crippen LogP) is 3.30. The highest BCUT2D eigenvalue weighted by Crippen LogP contribution is 2.29. The van der Waals surface area contributed by atoms with E-state index in [4.69, 9.17) is 9.84 Å². The first kappa shape index (κ1) is 22.2. The second-order valence-electron chi connectivity index (χ2n) is 7.77. The Labute approximate surface area is 178 Å². The van der Waals surface area contributed by atoms with Crippen molar-refractivity contribution in [3.05, 3.63) is 53.9 Å². The highest BCUT2D eigenvalue weighted by atomic mass is 16.5. The van der Waals surface area contributed by atoms with Gasteiger partial charge in [-0.2, -0.15) is 0 Å². The first-order valence-electron chi connectivity index (χ1n) is 10.7. The molecule has 0 spiro atoms. The van der Waals surface area contributed by atoms with Crippen LogP contribution >= 0.6 is 0 Å². The molecule has 0 aliphatic carbocycles.